The number of likely N-dealkylation sites (tertiary alicyclic amines) is 1. The van der Waals surface area contributed by atoms with Crippen LogP contribution in [0, 0.1) is 17.8 Å². The Morgan fingerprint density at radius 2 is 1.97 bits per heavy atom. The number of ether oxygens (including phenoxy) is 2. The van der Waals surface area contributed by atoms with Crippen molar-refractivity contribution in [2.45, 2.75) is 76.7 Å². The van der Waals surface area contributed by atoms with Crippen molar-refractivity contribution in [3.8, 4) is 0 Å². The summed E-state index contributed by atoms with van der Waals surface area (Å²) in [6, 6.07) is 7.52. The van der Waals surface area contributed by atoms with E-state index >= 15 is 0 Å². The maximum atomic E-state index is 14.2. The molecule has 192 valence electrons. The van der Waals surface area contributed by atoms with Crippen LogP contribution < -0.4 is 5.32 Å². The topological polar surface area (TPSA) is 105 Å². The number of hydrogen-bond donors (Lipinski definition) is 2. The normalized spacial score (nSPS) is 34.1. The van der Waals surface area contributed by atoms with Gasteiger partial charge >= 0.3 is 5.97 Å². The van der Waals surface area contributed by atoms with Gasteiger partial charge in [-0.05, 0) is 38.2 Å². The van der Waals surface area contributed by atoms with Gasteiger partial charge in [-0.15, -0.1) is 0 Å². The van der Waals surface area contributed by atoms with Gasteiger partial charge in [0.05, 0.1) is 30.8 Å². The highest BCUT2D eigenvalue weighted by molar-refractivity contribution is 5.98. The van der Waals surface area contributed by atoms with Crippen LogP contribution >= 0.6 is 0 Å². The number of fused-ring (bicyclic) bond motifs is 1. The van der Waals surface area contributed by atoms with E-state index in [4.69, 9.17) is 9.47 Å². The van der Waals surface area contributed by atoms with Gasteiger partial charge in [0.25, 0.3) is 0 Å². The molecule has 4 rings (SSSR count). The average Bonchev–Trinajstić information content (AvgIpc) is 3.35. The van der Waals surface area contributed by atoms with Crippen LogP contribution in [0.15, 0.2) is 30.3 Å². The van der Waals surface area contributed by atoms with Crippen LogP contribution in [0.25, 0.3) is 0 Å². The van der Waals surface area contributed by atoms with Gasteiger partial charge in [-0.2, -0.15) is 0 Å². The van der Waals surface area contributed by atoms with Crippen LogP contribution in [-0.2, 0) is 23.9 Å². The van der Waals surface area contributed by atoms with Crippen molar-refractivity contribution in [1.82, 2.24) is 10.2 Å². The summed E-state index contributed by atoms with van der Waals surface area (Å²) < 4.78 is 12.1. The predicted molar refractivity (Wildman–Crippen MR) is 129 cm³/mol. The molecule has 3 aliphatic heterocycles. The standard InChI is InChI=1S/C27H38N2O6/c1-5-7-11-14-28-23(31)22-27-15-17(3)26(4,35-27)21(25(33)34-6-2)20(27)24(32)29(22)19(16-30)18-12-9-8-10-13-18/h8-10,12-13,17,19-22,30H,5-7,11,14-16H2,1-4H3,(H,28,31)/t17?,19-,20+,21-,22?,26+,27?/m1/s1. The van der Waals surface area contributed by atoms with E-state index in [1.165, 1.54) is 4.90 Å². The summed E-state index contributed by atoms with van der Waals surface area (Å²) in [5.41, 5.74) is -1.33. The monoisotopic (exact) mass is 486 g/mol. The number of nitrogens with zero attached hydrogens (tertiary/aromatic N) is 1. The first-order chi connectivity index (χ1) is 16.8. The van der Waals surface area contributed by atoms with Crippen LogP contribution in [-0.4, -0.2) is 64.8 Å². The molecule has 8 heteroatoms. The molecular weight excluding hydrogens is 448 g/mol. The number of aliphatic hydroxyl groups excluding tert-OH is 1. The maximum absolute atomic E-state index is 14.2. The first kappa shape index (κ1) is 25.6. The van der Waals surface area contributed by atoms with E-state index in [-0.39, 0.29) is 30.9 Å². The molecule has 2 amide bonds. The number of carbonyl (C=O) groups is 3. The summed E-state index contributed by atoms with van der Waals surface area (Å²) in [7, 11) is 0. The molecule has 1 aromatic rings. The van der Waals surface area contributed by atoms with Crippen molar-refractivity contribution in [3.05, 3.63) is 35.9 Å². The Balaban J connectivity index is 1.79. The number of benzene rings is 1. The number of rotatable bonds is 10. The van der Waals surface area contributed by atoms with E-state index in [9.17, 15) is 19.5 Å². The Kier molecular flexibility index (Phi) is 7.25. The lowest BCUT2D eigenvalue weighted by molar-refractivity contribution is -0.162. The molecule has 3 saturated heterocycles. The van der Waals surface area contributed by atoms with E-state index < -0.39 is 41.1 Å². The van der Waals surface area contributed by atoms with Gasteiger partial charge in [0.2, 0.25) is 11.8 Å². The van der Waals surface area contributed by atoms with E-state index in [0.717, 1.165) is 24.8 Å². The van der Waals surface area contributed by atoms with Crippen LogP contribution in [0.5, 0.6) is 0 Å². The molecule has 35 heavy (non-hydrogen) atoms. The van der Waals surface area contributed by atoms with Crippen LogP contribution in [0.4, 0.5) is 0 Å². The van der Waals surface area contributed by atoms with Crippen molar-refractivity contribution < 1.29 is 29.0 Å². The third-order valence-corrected chi connectivity index (χ3v) is 8.31. The molecule has 3 fully saturated rings. The van der Waals surface area contributed by atoms with Crippen molar-refractivity contribution in [1.29, 1.82) is 0 Å². The summed E-state index contributed by atoms with van der Waals surface area (Å²) in [4.78, 5) is 42.6. The summed E-state index contributed by atoms with van der Waals surface area (Å²) in [5.74, 6) is -2.81. The van der Waals surface area contributed by atoms with Gasteiger partial charge in [-0.1, -0.05) is 57.0 Å². The van der Waals surface area contributed by atoms with Crippen molar-refractivity contribution in [3.63, 3.8) is 0 Å². The number of esters is 1. The van der Waals surface area contributed by atoms with Gasteiger partial charge in [-0.25, -0.2) is 0 Å². The van der Waals surface area contributed by atoms with Crippen LogP contribution in [0.2, 0.25) is 0 Å². The van der Waals surface area contributed by atoms with E-state index in [0.29, 0.717) is 13.0 Å². The molecule has 0 saturated carbocycles. The average molecular weight is 487 g/mol. The highest BCUT2D eigenvalue weighted by atomic mass is 16.6. The summed E-state index contributed by atoms with van der Waals surface area (Å²) in [5, 5.41) is 13.5. The minimum atomic E-state index is -1.15. The lowest BCUT2D eigenvalue weighted by atomic mass is 9.62. The zero-order valence-corrected chi connectivity index (χ0v) is 21.2. The van der Waals surface area contributed by atoms with E-state index in [2.05, 4.69) is 12.2 Å². The van der Waals surface area contributed by atoms with Gasteiger partial charge in [0, 0.05) is 6.54 Å². The second-order valence-corrected chi connectivity index (χ2v) is 10.3. The maximum Gasteiger partial charge on any atom is 0.312 e. The second-order valence-electron chi connectivity index (χ2n) is 10.3. The summed E-state index contributed by atoms with van der Waals surface area (Å²) >= 11 is 0. The molecule has 0 aromatic heterocycles. The zero-order valence-electron chi connectivity index (χ0n) is 21.2. The summed E-state index contributed by atoms with van der Waals surface area (Å²) in [6.07, 6.45) is 3.33. The first-order valence-electron chi connectivity index (χ1n) is 12.9. The van der Waals surface area contributed by atoms with Gasteiger partial charge in [0.15, 0.2) is 0 Å². The van der Waals surface area contributed by atoms with Crippen molar-refractivity contribution >= 4 is 17.8 Å². The zero-order chi connectivity index (χ0) is 25.4. The smallest absolute Gasteiger partial charge is 0.312 e. The SMILES string of the molecule is CCCCCNC(=O)C1N([C@H](CO)c2ccccc2)C(=O)[C@@H]2[C@H](C(=O)OCC)[C@@]3(C)OC12CC3C. The molecule has 2 bridgehead atoms. The number of nitrogens with one attached hydrogen (secondary N) is 1. The number of carbonyl (C=O) groups excluding carboxylic acids is 3. The molecule has 3 heterocycles. The number of aliphatic hydroxyl groups is 1. The predicted octanol–water partition coefficient (Wildman–Crippen LogP) is 2.60. The van der Waals surface area contributed by atoms with Crippen LogP contribution in [0.1, 0.15) is 65.0 Å². The van der Waals surface area contributed by atoms with E-state index in [1.807, 2.05) is 44.2 Å². The molecule has 3 unspecified atom stereocenters. The highest BCUT2D eigenvalue weighted by Gasteiger charge is 2.80. The van der Waals surface area contributed by atoms with Gasteiger partial charge in [-0.3, -0.25) is 14.4 Å². The Hall–Kier alpha value is -2.45. The number of hydrogen-bond acceptors (Lipinski definition) is 6. The minimum Gasteiger partial charge on any atom is -0.466 e. The molecule has 1 spiro atoms. The fourth-order valence-electron chi connectivity index (χ4n) is 6.62. The lowest BCUT2D eigenvalue weighted by Gasteiger charge is -2.37. The van der Waals surface area contributed by atoms with Gasteiger partial charge in [0.1, 0.15) is 17.6 Å². The Morgan fingerprint density at radius 3 is 2.60 bits per heavy atom. The lowest BCUT2D eigenvalue weighted by Crippen LogP contribution is -2.56. The molecule has 1 aromatic carbocycles. The molecular formula is C27H38N2O6. The number of amides is 2. The third kappa shape index (κ3) is 3.95. The summed E-state index contributed by atoms with van der Waals surface area (Å²) in [6.45, 7) is 8.03. The Labute approximate surface area is 207 Å². The van der Waals surface area contributed by atoms with E-state index in [1.54, 1.807) is 6.92 Å². The molecule has 0 aliphatic carbocycles. The Morgan fingerprint density at radius 1 is 1.26 bits per heavy atom. The first-order valence-corrected chi connectivity index (χ1v) is 12.9. The minimum absolute atomic E-state index is 0.0550. The number of unbranched alkanes of at least 4 members (excludes halogenated alkanes) is 2. The second kappa shape index (κ2) is 9.90. The fourth-order valence-corrected chi connectivity index (χ4v) is 6.62. The Bertz CT molecular complexity index is 954. The molecule has 3 aliphatic rings. The van der Waals surface area contributed by atoms with Crippen LogP contribution in [0.3, 0.4) is 0 Å². The fraction of sp³-hybridized carbons (Fsp3) is 0.667. The largest absolute Gasteiger partial charge is 0.466 e. The molecule has 0 radical (unpaired) electrons. The van der Waals surface area contributed by atoms with Gasteiger partial charge < -0.3 is 24.8 Å². The molecule has 2 N–H and O–H groups in total. The third-order valence-electron chi connectivity index (χ3n) is 8.31. The quantitative estimate of drug-likeness (QED) is 0.389. The molecule has 8 nitrogen and oxygen atoms in total. The molecule has 7 atom stereocenters. The van der Waals surface area contributed by atoms with Crippen molar-refractivity contribution in [2.24, 2.45) is 17.8 Å². The van der Waals surface area contributed by atoms with Crippen molar-refractivity contribution in [2.75, 3.05) is 19.8 Å². The highest BCUT2D eigenvalue weighted by Crippen LogP contribution is 2.66.